The van der Waals surface area contributed by atoms with E-state index in [4.69, 9.17) is 5.11 Å². The van der Waals surface area contributed by atoms with Gasteiger partial charge < -0.3 is 10.4 Å². The fourth-order valence-electron chi connectivity index (χ4n) is 4.04. The first-order valence-electron chi connectivity index (χ1n) is 9.89. The van der Waals surface area contributed by atoms with Gasteiger partial charge in [-0.15, -0.1) is 0 Å². The first-order valence-corrected chi connectivity index (χ1v) is 9.89. The van der Waals surface area contributed by atoms with Crippen LogP contribution in [-0.4, -0.2) is 35.9 Å². The lowest BCUT2D eigenvalue weighted by atomic mass is 9.86. The van der Waals surface area contributed by atoms with Crippen molar-refractivity contribution in [2.24, 2.45) is 16.8 Å². The smallest absolute Gasteiger partial charge is 0.325 e. The Morgan fingerprint density at radius 2 is 1.96 bits per heavy atom. The monoisotopic (exact) mass is 354 g/mol. The molecule has 0 heterocycles. The molecule has 0 radical (unpaired) electrons. The number of aliphatic imine (C=N–C) groups is 1. The molecule has 140 valence electrons. The Bertz CT molecular complexity index is 645. The molecular formula is C22H30N2O2. The largest absolute Gasteiger partial charge is 0.480 e. The summed E-state index contributed by atoms with van der Waals surface area (Å²) < 4.78 is 0. The normalized spacial score (nSPS) is 29.0. The second kappa shape index (κ2) is 9.13. The summed E-state index contributed by atoms with van der Waals surface area (Å²) >= 11 is 0. The fourth-order valence-corrected chi connectivity index (χ4v) is 4.04. The number of nitrogens with zero attached hydrogens (tertiary/aromatic N) is 1. The fraction of sp³-hybridized carbons (Fsp3) is 0.545. The van der Waals surface area contributed by atoms with Gasteiger partial charge in [0, 0.05) is 18.3 Å². The second-order valence-electron chi connectivity index (χ2n) is 7.59. The third-order valence-corrected chi connectivity index (χ3v) is 5.59. The molecule has 2 N–H and O–H groups in total. The highest BCUT2D eigenvalue weighted by Crippen LogP contribution is 2.41. The number of hydrogen-bond acceptors (Lipinski definition) is 3. The molecule has 4 nitrogen and oxygen atoms in total. The van der Waals surface area contributed by atoms with E-state index in [1.54, 1.807) is 5.57 Å². The van der Waals surface area contributed by atoms with E-state index in [0.717, 1.165) is 32.1 Å². The first kappa shape index (κ1) is 18.8. The van der Waals surface area contributed by atoms with Gasteiger partial charge in [0.2, 0.25) is 0 Å². The van der Waals surface area contributed by atoms with E-state index in [1.165, 1.54) is 12.0 Å². The molecule has 0 aromatic heterocycles. The van der Waals surface area contributed by atoms with Gasteiger partial charge in [0.1, 0.15) is 6.54 Å². The second-order valence-corrected chi connectivity index (χ2v) is 7.59. The van der Waals surface area contributed by atoms with Crippen molar-refractivity contribution in [2.45, 2.75) is 57.5 Å². The standard InChI is InChI=1S/C22H30N2O2/c1-2-18(12-16-6-4-3-5-7-16)20-13-21(20)24-19-10-8-17(9-11-19)14-23-15-22(25)26/h3-7,12,14,17,19-21,24H,2,8-11,13,15H2,1H3,(H,25,26)/b18-12+,23-14?/t17?,19?,20-,21+/m0/s1. The maximum absolute atomic E-state index is 10.5. The zero-order valence-electron chi connectivity index (χ0n) is 15.6. The Balaban J connectivity index is 1.43. The van der Waals surface area contributed by atoms with E-state index in [9.17, 15) is 4.79 Å². The number of hydrogen-bond donors (Lipinski definition) is 2. The predicted molar refractivity (Wildman–Crippen MR) is 106 cm³/mol. The van der Waals surface area contributed by atoms with Gasteiger partial charge in [-0.2, -0.15) is 0 Å². The van der Waals surface area contributed by atoms with Crippen LogP contribution in [0.1, 0.15) is 51.0 Å². The summed E-state index contributed by atoms with van der Waals surface area (Å²) in [5.41, 5.74) is 2.86. The number of nitrogens with one attached hydrogen (secondary N) is 1. The van der Waals surface area contributed by atoms with Crippen LogP contribution in [0.3, 0.4) is 0 Å². The molecule has 3 rings (SSSR count). The lowest BCUT2D eigenvalue weighted by Gasteiger charge is -2.27. The van der Waals surface area contributed by atoms with Crippen LogP contribution in [0.15, 0.2) is 40.9 Å². The maximum Gasteiger partial charge on any atom is 0.325 e. The van der Waals surface area contributed by atoms with Gasteiger partial charge >= 0.3 is 5.97 Å². The summed E-state index contributed by atoms with van der Waals surface area (Å²) in [6, 6.07) is 11.8. The molecule has 2 saturated carbocycles. The summed E-state index contributed by atoms with van der Waals surface area (Å²) in [7, 11) is 0. The molecule has 0 spiro atoms. The third-order valence-electron chi connectivity index (χ3n) is 5.59. The molecule has 2 atom stereocenters. The average Bonchev–Trinajstić information content (AvgIpc) is 3.40. The molecule has 1 aromatic rings. The summed E-state index contributed by atoms with van der Waals surface area (Å²) in [6.45, 7) is 2.15. The van der Waals surface area contributed by atoms with Crippen LogP contribution in [0.2, 0.25) is 0 Å². The Morgan fingerprint density at radius 1 is 1.23 bits per heavy atom. The van der Waals surface area contributed by atoms with Crippen LogP contribution in [0.4, 0.5) is 0 Å². The number of carbonyl (C=O) groups is 1. The topological polar surface area (TPSA) is 61.7 Å². The molecule has 1 aromatic carbocycles. The zero-order chi connectivity index (χ0) is 18.4. The van der Waals surface area contributed by atoms with Crippen LogP contribution < -0.4 is 5.32 Å². The number of benzene rings is 1. The molecule has 4 heteroatoms. The van der Waals surface area contributed by atoms with Crippen LogP contribution in [0, 0.1) is 11.8 Å². The molecular weight excluding hydrogens is 324 g/mol. The SMILES string of the molecule is CC/C(=C\c1ccccc1)[C@@H]1C[C@H]1NC1CCC(C=NCC(=O)O)CC1. The van der Waals surface area contributed by atoms with Crippen LogP contribution in [0.5, 0.6) is 0 Å². The highest BCUT2D eigenvalue weighted by Gasteiger charge is 2.40. The molecule has 2 aliphatic rings. The van der Waals surface area contributed by atoms with Crippen LogP contribution >= 0.6 is 0 Å². The van der Waals surface area contributed by atoms with Crippen molar-refractivity contribution >= 4 is 18.3 Å². The van der Waals surface area contributed by atoms with Gasteiger partial charge in [-0.1, -0.05) is 48.9 Å². The number of aliphatic carboxylic acids is 1. The minimum Gasteiger partial charge on any atom is -0.480 e. The highest BCUT2D eigenvalue weighted by atomic mass is 16.4. The molecule has 2 fully saturated rings. The first-order chi connectivity index (χ1) is 12.7. The summed E-state index contributed by atoms with van der Waals surface area (Å²) in [6.07, 6.45) is 11.1. The van der Waals surface area contributed by atoms with Crippen molar-refractivity contribution in [1.82, 2.24) is 5.32 Å². The van der Waals surface area contributed by atoms with Crippen molar-refractivity contribution in [2.75, 3.05) is 6.54 Å². The van der Waals surface area contributed by atoms with Crippen LogP contribution in [0.25, 0.3) is 6.08 Å². The molecule has 0 unspecified atom stereocenters. The molecule has 0 bridgehead atoms. The number of carboxylic acid groups (broad SMARTS) is 1. The van der Waals surface area contributed by atoms with E-state index in [-0.39, 0.29) is 6.54 Å². The molecule has 26 heavy (non-hydrogen) atoms. The lowest BCUT2D eigenvalue weighted by Crippen LogP contribution is -2.35. The van der Waals surface area contributed by atoms with Crippen molar-refractivity contribution in [3.05, 3.63) is 41.5 Å². The van der Waals surface area contributed by atoms with Gasteiger partial charge in [-0.25, -0.2) is 0 Å². The van der Waals surface area contributed by atoms with Crippen molar-refractivity contribution in [3.8, 4) is 0 Å². The molecule has 0 saturated heterocycles. The Labute approximate surface area is 156 Å². The summed E-state index contributed by atoms with van der Waals surface area (Å²) in [5.74, 6) is 0.285. The van der Waals surface area contributed by atoms with E-state index in [0.29, 0.717) is 23.9 Å². The number of carboxylic acids is 1. The Morgan fingerprint density at radius 3 is 2.62 bits per heavy atom. The van der Waals surface area contributed by atoms with Crippen molar-refractivity contribution in [1.29, 1.82) is 0 Å². The van der Waals surface area contributed by atoms with E-state index in [2.05, 4.69) is 53.6 Å². The molecule has 0 aliphatic heterocycles. The maximum atomic E-state index is 10.5. The third kappa shape index (κ3) is 5.53. The molecule has 0 amide bonds. The number of rotatable bonds is 8. The quantitative estimate of drug-likeness (QED) is 0.689. The summed E-state index contributed by atoms with van der Waals surface area (Å²) in [5, 5.41) is 12.5. The van der Waals surface area contributed by atoms with Crippen molar-refractivity contribution in [3.63, 3.8) is 0 Å². The van der Waals surface area contributed by atoms with Gasteiger partial charge in [0.05, 0.1) is 0 Å². The van der Waals surface area contributed by atoms with E-state index < -0.39 is 5.97 Å². The minimum absolute atomic E-state index is 0.102. The van der Waals surface area contributed by atoms with Gasteiger partial charge in [-0.05, 0) is 55.9 Å². The molecule has 2 aliphatic carbocycles. The van der Waals surface area contributed by atoms with E-state index in [1.807, 2.05) is 6.21 Å². The summed E-state index contributed by atoms with van der Waals surface area (Å²) in [4.78, 5) is 14.5. The minimum atomic E-state index is -0.855. The van der Waals surface area contributed by atoms with Gasteiger partial charge in [0.15, 0.2) is 0 Å². The Hall–Kier alpha value is -1.94. The van der Waals surface area contributed by atoms with Crippen LogP contribution in [-0.2, 0) is 4.79 Å². The average molecular weight is 354 g/mol. The predicted octanol–water partition coefficient (Wildman–Crippen LogP) is 4.17. The van der Waals surface area contributed by atoms with Gasteiger partial charge in [0.25, 0.3) is 0 Å². The Kier molecular flexibility index (Phi) is 6.62. The van der Waals surface area contributed by atoms with Gasteiger partial charge in [-0.3, -0.25) is 9.79 Å². The lowest BCUT2D eigenvalue weighted by molar-refractivity contribution is -0.135. The van der Waals surface area contributed by atoms with Crippen molar-refractivity contribution < 1.29 is 9.90 Å². The highest BCUT2D eigenvalue weighted by molar-refractivity contribution is 5.72. The van der Waals surface area contributed by atoms with E-state index >= 15 is 0 Å². The zero-order valence-corrected chi connectivity index (χ0v) is 15.6.